The van der Waals surface area contributed by atoms with Gasteiger partial charge < -0.3 is 14.1 Å². The number of hydrogen-bond acceptors (Lipinski definition) is 5. The quantitative estimate of drug-likeness (QED) is 0.440. The molecule has 1 fully saturated rings. The van der Waals surface area contributed by atoms with Crippen LogP contribution in [0.5, 0.6) is 5.75 Å². The van der Waals surface area contributed by atoms with E-state index in [4.69, 9.17) is 9.15 Å². The molecule has 2 heterocycles. The average Bonchev–Trinajstić information content (AvgIpc) is 3.17. The lowest BCUT2D eigenvalue weighted by Gasteiger charge is -2.24. The molecular formula is C20H15Br2NO4S. The van der Waals surface area contributed by atoms with Crippen molar-refractivity contribution in [2.45, 2.75) is 5.37 Å². The Balaban J connectivity index is 1.71. The van der Waals surface area contributed by atoms with Gasteiger partial charge in [0.05, 0.1) is 11.6 Å². The van der Waals surface area contributed by atoms with E-state index in [9.17, 15) is 9.59 Å². The van der Waals surface area contributed by atoms with Crippen molar-refractivity contribution in [1.29, 1.82) is 0 Å². The zero-order valence-corrected chi connectivity index (χ0v) is 18.8. The average molecular weight is 525 g/mol. The van der Waals surface area contributed by atoms with Crippen molar-refractivity contribution in [3.63, 3.8) is 0 Å². The molecule has 0 N–H and O–H groups in total. The lowest BCUT2D eigenvalue weighted by Crippen LogP contribution is -2.33. The summed E-state index contributed by atoms with van der Waals surface area (Å²) in [5.41, 5.74) is 0.823. The first-order valence-corrected chi connectivity index (χ1v) is 11.1. The normalized spacial score (nSPS) is 16.5. The number of halogens is 2. The van der Waals surface area contributed by atoms with E-state index in [1.807, 2.05) is 30.3 Å². The van der Waals surface area contributed by atoms with E-state index in [0.717, 1.165) is 21.5 Å². The minimum absolute atomic E-state index is 0.0403. The number of nitrogens with zero attached hydrogens (tertiary/aromatic N) is 1. The zero-order valence-electron chi connectivity index (χ0n) is 14.8. The molecule has 0 radical (unpaired) electrons. The number of carbonyl (C=O) groups excluding carboxylic acids is 1. The molecule has 0 aliphatic carbocycles. The molecule has 1 aromatic heterocycles. The number of fused-ring (bicyclic) bond motifs is 1. The van der Waals surface area contributed by atoms with Gasteiger partial charge in [-0.05, 0) is 51.8 Å². The van der Waals surface area contributed by atoms with E-state index in [1.54, 1.807) is 35.9 Å². The Hall–Kier alpha value is -1.77. The molecule has 4 rings (SSSR count). The molecule has 28 heavy (non-hydrogen) atoms. The summed E-state index contributed by atoms with van der Waals surface area (Å²) in [7, 11) is 1.62. The summed E-state index contributed by atoms with van der Waals surface area (Å²) in [5, 5.41) is 0.528. The second-order valence-corrected chi connectivity index (χ2v) is 9.21. The van der Waals surface area contributed by atoms with E-state index in [0.29, 0.717) is 22.0 Å². The molecule has 0 unspecified atom stereocenters. The summed E-state index contributed by atoms with van der Waals surface area (Å²) in [5.74, 6) is 1.24. The van der Waals surface area contributed by atoms with Crippen molar-refractivity contribution in [3.8, 4) is 5.75 Å². The van der Waals surface area contributed by atoms with Crippen LogP contribution in [0.15, 0.2) is 60.6 Å². The third-order valence-electron chi connectivity index (χ3n) is 4.53. The molecular weight excluding hydrogens is 510 g/mol. The maximum Gasteiger partial charge on any atom is 0.349 e. The lowest BCUT2D eigenvalue weighted by atomic mass is 10.1. The van der Waals surface area contributed by atoms with Crippen molar-refractivity contribution in [2.75, 3.05) is 19.4 Å². The van der Waals surface area contributed by atoms with Crippen LogP contribution < -0.4 is 10.4 Å². The third kappa shape index (κ3) is 3.60. The molecule has 8 heteroatoms. The number of methoxy groups -OCH3 is 1. The van der Waals surface area contributed by atoms with Crippen molar-refractivity contribution >= 4 is 60.5 Å². The highest BCUT2D eigenvalue weighted by atomic mass is 79.9. The number of thioether (sulfide) groups is 1. The highest BCUT2D eigenvalue weighted by Crippen LogP contribution is 2.39. The van der Waals surface area contributed by atoms with Crippen LogP contribution in [0, 0.1) is 0 Å². The Bertz CT molecular complexity index is 1110. The fourth-order valence-corrected chi connectivity index (χ4v) is 5.78. The molecule has 1 amide bonds. The van der Waals surface area contributed by atoms with Gasteiger partial charge in [0.2, 0.25) is 0 Å². The predicted molar refractivity (Wildman–Crippen MR) is 117 cm³/mol. The molecule has 1 aliphatic rings. The summed E-state index contributed by atoms with van der Waals surface area (Å²) in [4.78, 5) is 27.4. The standard InChI is InChI=1S/C20H15Br2NO4S/c1-26-14-4-2-11(3-5-14)19-23(6-7-28-19)18(24)15-9-12-8-13(21)10-16(22)17(12)27-20(15)25/h2-5,8-10,19H,6-7H2,1H3/t19-/m1/s1. The number of rotatable bonds is 3. The first-order chi connectivity index (χ1) is 13.5. The van der Waals surface area contributed by atoms with Crippen LogP contribution in [0.2, 0.25) is 0 Å². The van der Waals surface area contributed by atoms with Crippen LogP contribution >= 0.6 is 43.6 Å². The minimum Gasteiger partial charge on any atom is -0.497 e. The Labute approximate surface area is 182 Å². The maximum atomic E-state index is 13.2. The highest BCUT2D eigenvalue weighted by Gasteiger charge is 2.33. The second kappa shape index (κ2) is 7.93. The Morgan fingerprint density at radius 2 is 1.96 bits per heavy atom. The van der Waals surface area contributed by atoms with Crippen LogP contribution in [-0.2, 0) is 0 Å². The lowest BCUT2D eigenvalue weighted by molar-refractivity contribution is 0.0756. The van der Waals surface area contributed by atoms with Crippen molar-refractivity contribution < 1.29 is 13.9 Å². The molecule has 1 aliphatic heterocycles. The molecule has 1 atom stereocenters. The molecule has 0 spiro atoms. The SMILES string of the molecule is COc1ccc([C@H]2SCCN2C(=O)c2cc3cc(Br)cc(Br)c3oc2=O)cc1. The van der Waals surface area contributed by atoms with Gasteiger partial charge in [-0.2, -0.15) is 0 Å². The van der Waals surface area contributed by atoms with Gasteiger partial charge in [0, 0.05) is 22.2 Å². The predicted octanol–water partition coefficient (Wildman–Crippen LogP) is 5.21. The van der Waals surface area contributed by atoms with Gasteiger partial charge in [0.25, 0.3) is 5.91 Å². The molecule has 5 nitrogen and oxygen atoms in total. The zero-order chi connectivity index (χ0) is 19.8. The molecule has 144 valence electrons. The van der Waals surface area contributed by atoms with Crippen LogP contribution in [0.25, 0.3) is 11.0 Å². The smallest absolute Gasteiger partial charge is 0.349 e. The molecule has 3 aromatic rings. The summed E-state index contributed by atoms with van der Waals surface area (Å²) in [6.45, 7) is 0.569. The van der Waals surface area contributed by atoms with Crippen LogP contribution in [0.3, 0.4) is 0 Å². The Morgan fingerprint density at radius 1 is 1.21 bits per heavy atom. The van der Waals surface area contributed by atoms with Crippen molar-refractivity contribution in [1.82, 2.24) is 4.90 Å². The fraction of sp³-hybridized carbons (Fsp3) is 0.200. The van der Waals surface area contributed by atoms with E-state index < -0.39 is 5.63 Å². The summed E-state index contributed by atoms with van der Waals surface area (Å²) < 4.78 is 12.1. The second-order valence-electron chi connectivity index (χ2n) is 6.25. The molecule has 1 saturated heterocycles. The van der Waals surface area contributed by atoms with Crippen molar-refractivity contribution in [3.05, 3.63) is 73.0 Å². The van der Waals surface area contributed by atoms with E-state index in [1.165, 1.54) is 0 Å². The fourth-order valence-electron chi connectivity index (χ4n) is 3.18. The number of hydrogen-bond donors (Lipinski definition) is 0. The number of carbonyl (C=O) groups is 1. The van der Waals surface area contributed by atoms with Gasteiger partial charge in [-0.15, -0.1) is 11.8 Å². The monoisotopic (exact) mass is 523 g/mol. The Kier molecular flexibility index (Phi) is 5.53. The van der Waals surface area contributed by atoms with Gasteiger partial charge in [-0.3, -0.25) is 4.79 Å². The van der Waals surface area contributed by atoms with E-state index in [-0.39, 0.29) is 16.8 Å². The van der Waals surface area contributed by atoms with E-state index in [2.05, 4.69) is 31.9 Å². The summed E-state index contributed by atoms with van der Waals surface area (Å²) >= 11 is 8.48. The van der Waals surface area contributed by atoms with E-state index >= 15 is 0 Å². The summed E-state index contributed by atoms with van der Waals surface area (Å²) in [6.07, 6.45) is 0. The Morgan fingerprint density at radius 3 is 2.68 bits per heavy atom. The van der Waals surface area contributed by atoms with Gasteiger partial charge in [-0.25, -0.2) is 4.79 Å². The topological polar surface area (TPSA) is 59.8 Å². The first kappa shape index (κ1) is 19.5. The largest absolute Gasteiger partial charge is 0.497 e. The first-order valence-electron chi connectivity index (χ1n) is 8.47. The third-order valence-corrected chi connectivity index (χ3v) is 6.84. The molecule has 2 aromatic carbocycles. The van der Waals surface area contributed by atoms with Crippen LogP contribution in [0.1, 0.15) is 21.3 Å². The van der Waals surface area contributed by atoms with Crippen LogP contribution in [-0.4, -0.2) is 30.2 Å². The molecule has 0 saturated carbocycles. The van der Waals surface area contributed by atoms with Gasteiger partial charge >= 0.3 is 5.63 Å². The van der Waals surface area contributed by atoms with Gasteiger partial charge in [0.1, 0.15) is 16.7 Å². The highest BCUT2D eigenvalue weighted by molar-refractivity contribution is 9.11. The number of benzene rings is 2. The van der Waals surface area contributed by atoms with Gasteiger partial charge in [0.15, 0.2) is 5.58 Å². The van der Waals surface area contributed by atoms with Crippen LogP contribution in [0.4, 0.5) is 0 Å². The minimum atomic E-state index is -0.633. The molecule has 0 bridgehead atoms. The number of amides is 1. The number of ether oxygens (including phenoxy) is 1. The van der Waals surface area contributed by atoms with Crippen molar-refractivity contribution in [2.24, 2.45) is 0 Å². The van der Waals surface area contributed by atoms with Gasteiger partial charge in [-0.1, -0.05) is 28.1 Å². The summed E-state index contributed by atoms with van der Waals surface area (Å²) in [6, 6.07) is 12.8. The maximum absolute atomic E-state index is 13.2.